The lowest BCUT2D eigenvalue weighted by Gasteiger charge is -2.02. The Kier molecular flexibility index (Phi) is 2.95. The second kappa shape index (κ2) is 3.15. The molecular weight excluding hydrogens is 194 g/mol. The van der Waals surface area contributed by atoms with E-state index in [1.54, 1.807) is 0 Å². The molecule has 0 aromatic carbocycles. The molecule has 0 spiro atoms. The van der Waals surface area contributed by atoms with E-state index in [1.165, 1.54) is 0 Å². The van der Waals surface area contributed by atoms with Crippen molar-refractivity contribution in [2.45, 2.75) is 0 Å². The number of hydrogen-bond donors (Lipinski definition) is 2. The van der Waals surface area contributed by atoms with Gasteiger partial charge < -0.3 is 9.79 Å². The van der Waals surface area contributed by atoms with Gasteiger partial charge >= 0.3 is 15.2 Å². The molecule has 0 heterocycles. The summed E-state index contributed by atoms with van der Waals surface area (Å²) in [6.45, 7) is 0. The highest BCUT2D eigenvalue weighted by Crippen LogP contribution is 2.57. The maximum absolute atomic E-state index is 10.2. The highest BCUT2D eigenvalue weighted by Gasteiger charge is 2.31. The first-order valence-electron chi connectivity index (χ1n) is 2.02. The molecule has 0 aliphatic carbocycles. The molecule has 9 heteroatoms. The van der Waals surface area contributed by atoms with Crippen LogP contribution in [0.4, 0.5) is 0 Å². The molecule has 60 valence electrons. The molecule has 7 nitrogen and oxygen atoms in total. The molecular formula is C2H2N2O5P2. The van der Waals surface area contributed by atoms with Crippen LogP contribution < -0.4 is 0 Å². The quantitative estimate of drug-likeness (QED) is 0.608. The SMILES string of the molecule is N#CP(=O)(O)OP(=O)(O)C#N. The Labute approximate surface area is 61.5 Å². The Balaban J connectivity index is 4.59. The zero-order chi connectivity index (χ0) is 9.12. The summed E-state index contributed by atoms with van der Waals surface area (Å²) >= 11 is 0. The summed E-state index contributed by atoms with van der Waals surface area (Å²) in [7, 11) is -9.48. The van der Waals surface area contributed by atoms with Crippen molar-refractivity contribution in [2.75, 3.05) is 0 Å². The van der Waals surface area contributed by atoms with Gasteiger partial charge in [0.1, 0.15) is 0 Å². The first kappa shape index (κ1) is 10.3. The fourth-order valence-corrected chi connectivity index (χ4v) is 1.68. The van der Waals surface area contributed by atoms with Gasteiger partial charge in [-0.2, -0.15) is 10.5 Å². The minimum atomic E-state index is -4.74. The van der Waals surface area contributed by atoms with Crippen LogP contribution in [-0.2, 0) is 13.4 Å². The normalized spacial score (nSPS) is 20.4. The molecule has 2 N–H and O–H groups in total. The molecule has 0 saturated heterocycles. The molecule has 0 aliphatic rings. The Hall–Kier alpha value is -0.680. The fourth-order valence-electron chi connectivity index (χ4n) is 0.187. The van der Waals surface area contributed by atoms with Gasteiger partial charge in [0.25, 0.3) is 0 Å². The van der Waals surface area contributed by atoms with E-state index in [1.807, 2.05) is 0 Å². The van der Waals surface area contributed by atoms with Crippen LogP contribution >= 0.6 is 15.2 Å². The molecule has 11 heavy (non-hydrogen) atoms. The third-order valence-corrected chi connectivity index (χ3v) is 2.75. The Bertz CT molecular complexity index is 290. The second-order valence-corrected chi connectivity index (χ2v) is 4.46. The lowest BCUT2D eigenvalue weighted by Crippen LogP contribution is -1.82. The minimum Gasteiger partial charge on any atom is -0.313 e. The largest absolute Gasteiger partial charge is 0.436 e. The van der Waals surface area contributed by atoms with Gasteiger partial charge in [-0.25, -0.2) is 13.4 Å². The first-order chi connectivity index (χ1) is 4.83. The van der Waals surface area contributed by atoms with Crippen molar-refractivity contribution in [1.29, 1.82) is 10.5 Å². The number of rotatable bonds is 2. The Morgan fingerprint density at radius 1 is 1.09 bits per heavy atom. The van der Waals surface area contributed by atoms with Gasteiger partial charge in [-0.1, -0.05) is 0 Å². The third-order valence-electron chi connectivity index (χ3n) is 0.474. The van der Waals surface area contributed by atoms with Gasteiger partial charge in [0.05, 0.1) is 0 Å². The summed E-state index contributed by atoms with van der Waals surface area (Å²) in [4.78, 5) is 16.6. The predicted octanol–water partition coefficient (Wildman–Crippen LogP) is 0.336. The maximum Gasteiger partial charge on any atom is 0.436 e. The van der Waals surface area contributed by atoms with E-state index >= 15 is 0 Å². The summed E-state index contributed by atoms with van der Waals surface area (Å²) < 4.78 is 23.9. The van der Waals surface area contributed by atoms with Crippen LogP contribution in [0, 0.1) is 22.1 Å². The first-order valence-corrected chi connectivity index (χ1v) is 5.18. The zero-order valence-electron chi connectivity index (χ0n) is 4.91. The Morgan fingerprint density at radius 2 is 1.36 bits per heavy atom. The van der Waals surface area contributed by atoms with Gasteiger partial charge in [0.15, 0.2) is 11.6 Å². The van der Waals surface area contributed by atoms with Crippen LogP contribution in [0.2, 0.25) is 0 Å². The van der Waals surface area contributed by atoms with Gasteiger partial charge in [-0.3, -0.25) is 0 Å². The number of hydrogen-bond acceptors (Lipinski definition) is 5. The lowest BCUT2D eigenvalue weighted by atomic mass is 11.8. The van der Waals surface area contributed by atoms with E-state index < -0.39 is 15.2 Å². The average molecular weight is 196 g/mol. The van der Waals surface area contributed by atoms with Crippen LogP contribution in [0.15, 0.2) is 0 Å². The summed E-state index contributed by atoms with van der Waals surface area (Å²) in [5.74, 6) is 1.47. The number of nitriles is 2. The molecule has 0 amide bonds. The van der Waals surface area contributed by atoms with Gasteiger partial charge in [-0.15, -0.1) is 0 Å². The molecule has 0 rings (SSSR count). The monoisotopic (exact) mass is 196 g/mol. The van der Waals surface area contributed by atoms with Gasteiger partial charge in [-0.05, 0) is 0 Å². The van der Waals surface area contributed by atoms with Gasteiger partial charge in [0.2, 0.25) is 0 Å². The molecule has 2 atom stereocenters. The van der Waals surface area contributed by atoms with E-state index in [0.717, 1.165) is 11.6 Å². The summed E-state index contributed by atoms with van der Waals surface area (Å²) in [5.41, 5.74) is 0. The maximum atomic E-state index is 10.2. The fraction of sp³-hybridized carbons (Fsp3) is 0. The standard InChI is InChI=1S/C2H2N2O5P2/c3-1-10(5,6)9-11(7,8)2-4/h(H,5,6)(H,7,8). The van der Waals surface area contributed by atoms with Crippen molar-refractivity contribution in [3.63, 3.8) is 0 Å². The Morgan fingerprint density at radius 3 is 1.55 bits per heavy atom. The second-order valence-electron chi connectivity index (χ2n) is 1.32. The van der Waals surface area contributed by atoms with Crippen molar-refractivity contribution in [1.82, 2.24) is 0 Å². The van der Waals surface area contributed by atoms with E-state index in [2.05, 4.69) is 4.31 Å². The van der Waals surface area contributed by atoms with E-state index in [9.17, 15) is 9.13 Å². The molecule has 0 fully saturated rings. The van der Waals surface area contributed by atoms with Crippen LogP contribution in [0.5, 0.6) is 0 Å². The van der Waals surface area contributed by atoms with E-state index in [-0.39, 0.29) is 0 Å². The zero-order valence-corrected chi connectivity index (χ0v) is 6.70. The van der Waals surface area contributed by atoms with Gasteiger partial charge in [0, 0.05) is 0 Å². The molecule has 2 unspecified atom stereocenters. The van der Waals surface area contributed by atoms with Crippen molar-refractivity contribution < 1.29 is 23.2 Å². The van der Waals surface area contributed by atoms with Crippen LogP contribution in [0.3, 0.4) is 0 Å². The number of nitrogens with zero attached hydrogens (tertiary/aromatic N) is 2. The summed E-state index contributed by atoms with van der Waals surface area (Å²) in [6.07, 6.45) is 0. The average Bonchev–Trinajstić information content (AvgIpc) is 1.86. The third kappa shape index (κ3) is 3.90. The smallest absolute Gasteiger partial charge is 0.313 e. The van der Waals surface area contributed by atoms with Crippen molar-refractivity contribution in [3.05, 3.63) is 0 Å². The molecule has 0 saturated carbocycles. The van der Waals surface area contributed by atoms with Crippen LogP contribution in [0.25, 0.3) is 0 Å². The summed E-state index contributed by atoms with van der Waals surface area (Å²) in [5, 5.41) is 15.6. The molecule has 0 bridgehead atoms. The van der Waals surface area contributed by atoms with Crippen molar-refractivity contribution in [3.8, 4) is 11.6 Å². The molecule has 0 radical (unpaired) electrons. The molecule has 0 aromatic heterocycles. The highest BCUT2D eigenvalue weighted by atomic mass is 31.3. The molecule has 0 aliphatic heterocycles. The highest BCUT2D eigenvalue weighted by molar-refractivity contribution is 7.71. The molecule has 0 aromatic rings. The minimum absolute atomic E-state index is 0.737. The van der Waals surface area contributed by atoms with E-state index in [4.69, 9.17) is 20.3 Å². The van der Waals surface area contributed by atoms with Crippen LogP contribution in [0.1, 0.15) is 0 Å². The van der Waals surface area contributed by atoms with Crippen molar-refractivity contribution in [2.24, 2.45) is 0 Å². The van der Waals surface area contributed by atoms with E-state index in [0.29, 0.717) is 0 Å². The van der Waals surface area contributed by atoms with Crippen molar-refractivity contribution >= 4 is 15.2 Å². The van der Waals surface area contributed by atoms with Crippen LogP contribution in [-0.4, -0.2) is 9.79 Å². The summed E-state index contributed by atoms with van der Waals surface area (Å²) in [6, 6.07) is 0. The predicted molar refractivity (Wildman–Crippen MR) is 32.0 cm³/mol. The lowest BCUT2D eigenvalue weighted by molar-refractivity contribution is 0.350. The topological polar surface area (TPSA) is 131 Å².